The SMILES string of the molecule is CNC(=O)C1CC(C)CN1C(=O)c1ccc(C(=N)N)cc1. The molecule has 112 valence electrons. The zero-order valence-electron chi connectivity index (χ0n) is 12.2. The van der Waals surface area contributed by atoms with Crippen LogP contribution in [0.5, 0.6) is 0 Å². The van der Waals surface area contributed by atoms with Crippen molar-refractivity contribution in [2.75, 3.05) is 13.6 Å². The van der Waals surface area contributed by atoms with Crippen molar-refractivity contribution in [3.05, 3.63) is 35.4 Å². The lowest BCUT2D eigenvalue weighted by molar-refractivity contribution is -0.124. The molecule has 1 saturated heterocycles. The number of carbonyl (C=O) groups is 2. The Morgan fingerprint density at radius 3 is 2.38 bits per heavy atom. The zero-order valence-corrected chi connectivity index (χ0v) is 12.2. The summed E-state index contributed by atoms with van der Waals surface area (Å²) in [6.45, 7) is 2.60. The zero-order chi connectivity index (χ0) is 15.6. The first-order valence-electron chi connectivity index (χ1n) is 6.91. The summed E-state index contributed by atoms with van der Waals surface area (Å²) < 4.78 is 0. The summed E-state index contributed by atoms with van der Waals surface area (Å²) in [7, 11) is 1.58. The third kappa shape index (κ3) is 3.04. The van der Waals surface area contributed by atoms with Crippen LogP contribution in [0.3, 0.4) is 0 Å². The number of likely N-dealkylation sites (tertiary alicyclic amines) is 1. The molecule has 1 aromatic carbocycles. The van der Waals surface area contributed by atoms with Crippen LogP contribution in [-0.4, -0.2) is 42.2 Å². The second-order valence-corrected chi connectivity index (χ2v) is 5.42. The fourth-order valence-electron chi connectivity index (χ4n) is 2.64. The molecule has 21 heavy (non-hydrogen) atoms. The van der Waals surface area contributed by atoms with Crippen LogP contribution in [0.2, 0.25) is 0 Å². The highest BCUT2D eigenvalue weighted by molar-refractivity contribution is 6.00. The minimum Gasteiger partial charge on any atom is -0.384 e. The van der Waals surface area contributed by atoms with Gasteiger partial charge in [-0.1, -0.05) is 19.1 Å². The highest BCUT2D eigenvalue weighted by atomic mass is 16.2. The molecule has 2 amide bonds. The maximum atomic E-state index is 12.6. The third-order valence-corrected chi connectivity index (χ3v) is 3.76. The number of amidine groups is 1. The average molecular weight is 288 g/mol. The molecule has 2 unspecified atom stereocenters. The largest absolute Gasteiger partial charge is 0.384 e. The van der Waals surface area contributed by atoms with Crippen LogP contribution in [0.15, 0.2) is 24.3 Å². The van der Waals surface area contributed by atoms with Crippen LogP contribution < -0.4 is 11.1 Å². The fraction of sp³-hybridized carbons (Fsp3) is 0.400. The van der Waals surface area contributed by atoms with Crippen molar-refractivity contribution in [2.24, 2.45) is 11.7 Å². The van der Waals surface area contributed by atoms with E-state index in [4.69, 9.17) is 11.1 Å². The second kappa shape index (κ2) is 5.95. The number of nitrogens with zero attached hydrogens (tertiary/aromatic N) is 1. The van der Waals surface area contributed by atoms with Gasteiger partial charge in [0.15, 0.2) is 0 Å². The molecule has 0 bridgehead atoms. The quantitative estimate of drug-likeness (QED) is 0.560. The number of benzene rings is 1. The Bertz CT molecular complexity index is 568. The maximum Gasteiger partial charge on any atom is 0.254 e. The lowest BCUT2D eigenvalue weighted by Gasteiger charge is -2.23. The number of nitrogen functional groups attached to an aromatic ring is 1. The number of amides is 2. The van der Waals surface area contributed by atoms with E-state index in [1.54, 1.807) is 36.2 Å². The number of nitrogens with one attached hydrogen (secondary N) is 2. The molecule has 1 aliphatic heterocycles. The van der Waals surface area contributed by atoms with Gasteiger partial charge in [-0.3, -0.25) is 15.0 Å². The summed E-state index contributed by atoms with van der Waals surface area (Å²) in [5.41, 5.74) is 6.47. The molecule has 6 nitrogen and oxygen atoms in total. The van der Waals surface area contributed by atoms with Crippen molar-refractivity contribution < 1.29 is 9.59 Å². The molecule has 4 N–H and O–H groups in total. The normalized spacial score (nSPS) is 21.1. The first-order valence-corrected chi connectivity index (χ1v) is 6.91. The number of nitrogens with two attached hydrogens (primary N) is 1. The van der Waals surface area contributed by atoms with E-state index in [2.05, 4.69) is 5.32 Å². The number of likely N-dealkylation sites (N-methyl/N-ethyl adjacent to an activating group) is 1. The Morgan fingerprint density at radius 2 is 1.86 bits per heavy atom. The van der Waals surface area contributed by atoms with Gasteiger partial charge in [0.05, 0.1) is 0 Å². The van der Waals surface area contributed by atoms with Crippen LogP contribution in [0.1, 0.15) is 29.3 Å². The smallest absolute Gasteiger partial charge is 0.254 e. The van der Waals surface area contributed by atoms with Gasteiger partial charge in [-0.25, -0.2) is 0 Å². The molecule has 1 heterocycles. The van der Waals surface area contributed by atoms with Crippen molar-refractivity contribution in [1.82, 2.24) is 10.2 Å². The van der Waals surface area contributed by atoms with Gasteiger partial charge in [0, 0.05) is 24.7 Å². The lowest BCUT2D eigenvalue weighted by Crippen LogP contribution is -2.44. The number of hydrogen-bond acceptors (Lipinski definition) is 3. The van der Waals surface area contributed by atoms with Crippen molar-refractivity contribution in [1.29, 1.82) is 5.41 Å². The van der Waals surface area contributed by atoms with Gasteiger partial charge in [-0.2, -0.15) is 0 Å². The molecule has 1 fully saturated rings. The molecule has 1 aliphatic rings. The van der Waals surface area contributed by atoms with E-state index in [0.29, 0.717) is 30.0 Å². The number of hydrogen-bond donors (Lipinski definition) is 3. The van der Waals surface area contributed by atoms with Crippen LogP contribution >= 0.6 is 0 Å². The molecule has 0 aliphatic carbocycles. The van der Waals surface area contributed by atoms with E-state index in [9.17, 15) is 9.59 Å². The summed E-state index contributed by atoms with van der Waals surface area (Å²) in [5, 5.41) is 9.96. The maximum absolute atomic E-state index is 12.6. The predicted octanol–water partition coefficient (Wildman–Crippen LogP) is 0.567. The monoisotopic (exact) mass is 288 g/mol. The van der Waals surface area contributed by atoms with E-state index in [1.807, 2.05) is 6.92 Å². The standard InChI is InChI=1S/C15H20N4O2/c1-9-7-12(14(20)18-2)19(8-9)15(21)11-5-3-10(4-6-11)13(16)17/h3-6,9,12H,7-8H2,1-2H3,(H3,16,17)(H,18,20). The van der Waals surface area contributed by atoms with Crippen molar-refractivity contribution >= 4 is 17.6 Å². The van der Waals surface area contributed by atoms with Crippen LogP contribution in [0.25, 0.3) is 0 Å². The van der Waals surface area contributed by atoms with Gasteiger partial charge in [-0.05, 0) is 24.5 Å². The molecule has 6 heteroatoms. The molecular weight excluding hydrogens is 268 g/mol. The first kappa shape index (κ1) is 15.0. The molecule has 1 aromatic rings. The van der Waals surface area contributed by atoms with Crippen LogP contribution in [0, 0.1) is 11.3 Å². The predicted molar refractivity (Wildman–Crippen MR) is 80.1 cm³/mol. The summed E-state index contributed by atoms with van der Waals surface area (Å²) in [5.74, 6) is -0.0316. The Labute approximate surface area is 123 Å². The van der Waals surface area contributed by atoms with Crippen molar-refractivity contribution in [3.63, 3.8) is 0 Å². The van der Waals surface area contributed by atoms with E-state index in [-0.39, 0.29) is 17.6 Å². The Kier molecular flexibility index (Phi) is 4.26. The molecule has 0 saturated carbocycles. The van der Waals surface area contributed by atoms with Crippen LogP contribution in [-0.2, 0) is 4.79 Å². The van der Waals surface area contributed by atoms with Gasteiger partial charge in [0.25, 0.3) is 5.91 Å². The summed E-state index contributed by atoms with van der Waals surface area (Å²) in [6, 6.07) is 6.16. The van der Waals surface area contributed by atoms with E-state index in [0.717, 1.165) is 0 Å². The minimum absolute atomic E-state index is 0.0352. The molecule has 0 spiro atoms. The fourth-order valence-corrected chi connectivity index (χ4v) is 2.64. The highest BCUT2D eigenvalue weighted by Gasteiger charge is 2.37. The molecular formula is C15H20N4O2. The number of carbonyl (C=O) groups excluding carboxylic acids is 2. The first-order chi connectivity index (χ1) is 9.93. The third-order valence-electron chi connectivity index (χ3n) is 3.76. The molecule has 2 atom stereocenters. The van der Waals surface area contributed by atoms with Gasteiger partial charge in [0.1, 0.15) is 11.9 Å². The lowest BCUT2D eigenvalue weighted by atomic mass is 10.1. The average Bonchev–Trinajstić information content (AvgIpc) is 2.87. The van der Waals surface area contributed by atoms with Gasteiger partial charge in [0.2, 0.25) is 5.91 Å². The minimum atomic E-state index is -0.412. The van der Waals surface area contributed by atoms with E-state index in [1.165, 1.54) is 0 Å². The Morgan fingerprint density at radius 1 is 1.29 bits per heavy atom. The molecule has 0 radical (unpaired) electrons. The topological polar surface area (TPSA) is 99.3 Å². The van der Waals surface area contributed by atoms with Crippen molar-refractivity contribution in [2.45, 2.75) is 19.4 Å². The van der Waals surface area contributed by atoms with E-state index >= 15 is 0 Å². The van der Waals surface area contributed by atoms with Gasteiger partial charge >= 0.3 is 0 Å². The highest BCUT2D eigenvalue weighted by Crippen LogP contribution is 2.25. The number of rotatable bonds is 3. The second-order valence-electron chi connectivity index (χ2n) is 5.42. The summed E-state index contributed by atoms with van der Waals surface area (Å²) in [6.07, 6.45) is 0.678. The van der Waals surface area contributed by atoms with Gasteiger partial charge < -0.3 is 16.0 Å². The summed E-state index contributed by atoms with van der Waals surface area (Å²) >= 11 is 0. The molecule has 0 aromatic heterocycles. The van der Waals surface area contributed by atoms with Gasteiger partial charge in [-0.15, -0.1) is 0 Å². The van der Waals surface area contributed by atoms with Crippen molar-refractivity contribution in [3.8, 4) is 0 Å². The molecule has 2 rings (SSSR count). The summed E-state index contributed by atoms with van der Waals surface area (Å²) in [4.78, 5) is 26.1. The van der Waals surface area contributed by atoms with E-state index < -0.39 is 6.04 Å². The Hall–Kier alpha value is -2.37. The Balaban J connectivity index is 2.21. The van der Waals surface area contributed by atoms with Crippen LogP contribution in [0.4, 0.5) is 0 Å².